The molecule has 1 saturated carbocycles. The lowest BCUT2D eigenvalue weighted by molar-refractivity contribution is -0.180. The molecule has 1 aromatic rings. The number of carbonyl (C=O) groups excluding carboxylic acids is 2. The Balaban J connectivity index is 1.43. The molecule has 1 heterocycles. The maximum atomic E-state index is 12.2. The Morgan fingerprint density at radius 2 is 1.68 bits per heavy atom. The summed E-state index contributed by atoms with van der Waals surface area (Å²) in [4.78, 5) is 24.3. The van der Waals surface area contributed by atoms with Crippen LogP contribution in [0.2, 0.25) is 0 Å². The highest BCUT2D eigenvalue weighted by molar-refractivity contribution is 5.96. The molecule has 0 aromatic heterocycles. The minimum Gasteiger partial charge on any atom is -0.352 e. The second-order valence-corrected chi connectivity index (χ2v) is 7.01. The van der Waals surface area contributed by atoms with Crippen molar-refractivity contribution in [3.63, 3.8) is 0 Å². The standard InChI is InChI=1S/C19H26N2O4/c1-13-9-14(2)11-15(10-13)18(23)20-12-17(22)21-16-3-5-19(6-4-16)24-7-8-25-19/h9-11,16H,3-8,12H2,1-2H3,(H,20,23)(H,21,22). The van der Waals surface area contributed by atoms with Gasteiger partial charge in [-0.25, -0.2) is 0 Å². The summed E-state index contributed by atoms with van der Waals surface area (Å²) in [6.45, 7) is 5.19. The third kappa shape index (κ3) is 4.58. The van der Waals surface area contributed by atoms with Gasteiger partial charge in [-0.15, -0.1) is 0 Å². The quantitative estimate of drug-likeness (QED) is 0.872. The molecule has 2 fully saturated rings. The Labute approximate surface area is 148 Å². The van der Waals surface area contributed by atoms with Crippen molar-refractivity contribution >= 4 is 11.8 Å². The molecule has 0 atom stereocenters. The number of aryl methyl sites for hydroxylation is 2. The molecule has 1 aliphatic heterocycles. The van der Waals surface area contributed by atoms with Gasteiger partial charge in [0.05, 0.1) is 19.8 Å². The Morgan fingerprint density at radius 3 is 2.28 bits per heavy atom. The Kier molecular flexibility index (Phi) is 5.39. The molecule has 0 unspecified atom stereocenters. The highest BCUT2D eigenvalue weighted by Gasteiger charge is 2.40. The van der Waals surface area contributed by atoms with Gasteiger partial charge in [0.15, 0.2) is 5.79 Å². The fourth-order valence-electron chi connectivity index (χ4n) is 3.63. The zero-order chi connectivity index (χ0) is 17.9. The molecule has 1 aromatic carbocycles. The lowest BCUT2D eigenvalue weighted by Gasteiger charge is -2.35. The van der Waals surface area contributed by atoms with E-state index in [1.165, 1.54) is 0 Å². The van der Waals surface area contributed by atoms with Gasteiger partial charge in [0.2, 0.25) is 5.91 Å². The third-order valence-corrected chi connectivity index (χ3v) is 4.82. The smallest absolute Gasteiger partial charge is 0.251 e. The molecule has 2 aliphatic rings. The predicted octanol–water partition coefficient (Wildman–Crippen LogP) is 1.84. The topological polar surface area (TPSA) is 76.7 Å². The van der Waals surface area contributed by atoms with E-state index in [2.05, 4.69) is 10.6 Å². The van der Waals surface area contributed by atoms with Crippen molar-refractivity contribution in [3.8, 4) is 0 Å². The molecule has 2 amide bonds. The van der Waals surface area contributed by atoms with Crippen molar-refractivity contribution in [2.24, 2.45) is 0 Å². The summed E-state index contributed by atoms with van der Waals surface area (Å²) in [5.41, 5.74) is 2.64. The van der Waals surface area contributed by atoms with E-state index in [1.54, 1.807) is 0 Å². The number of hydrogen-bond acceptors (Lipinski definition) is 4. The van der Waals surface area contributed by atoms with Crippen molar-refractivity contribution in [1.82, 2.24) is 10.6 Å². The van der Waals surface area contributed by atoms with Crippen LogP contribution < -0.4 is 10.6 Å². The third-order valence-electron chi connectivity index (χ3n) is 4.82. The number of rotatable bonds is 4. The minimum absolute atomic E-state index is 0.0134. The molecule has 0 radical (unpaired) electrons. The van der Waals surface area contributed by atoms with E-state index < -0.39 is 5.79 Å². The van der Waals surface area contributed by atoms with Gasteiger partial charge in [-0.2, -0.15) is 0 Å². The van der Waals surface area contributed by atoms with Crippen molar-refractivity contribution in [2.45, 2.75) is 51.4 Å². The van der Waals surface area contributed by atoms with Crippen molar-refractivity contribution in [3.05, 3.63) is 34.9 Å². The van der Waals surface area contributed by atoms with Crippen LogP contribution in [0.15, 0.2) is 18.2 Å². The summed E-state index contributed by atoms with van der Waals surface area (Å²) in [7, 11) is 0. The van der Waals surface area contributed by atoms with E-state index in [4.69, 9.17) is 9.47 Å². The van der Waals surface area contributed by atoms with Crippen LogP contribution in [0.3, 0.4) is 0 Å². The van der Waals surface area contributed by atoms with Gasteiger partial charge in [0.25, 0.3) is 5.91 Å². The van der Waals surface area contributed by atoms with Crippen LogP contribution in [-0.4, -0.2) is 43.4 Å². The minimum atomic E-state index is -0.418. The summed E-state index contributed by atoms with van der Waals surface area (Å²) < 4.78 is 11.4. The lowest BCUT2D eigenvalue weighted by atomic mass is 9.90. The molecule has 2 N–H and O–H groups in total. The number of carbonyl (C=O) groups is 2. The van der Waals surface area contributed by atoms with Crippen LogP contribution >= 0.6 is 0 Å². The van der Waals surface area contributed by atoms with E-state index in [0.29, 0.717) is 18.8 Å². The second-order valence-electron chi connectivity index (χ2n) is 7.01. The van der Waals surface area contributed by atoms with Gasteiger partial charge >= 0.3 is 0 Å². The van der Waals surface area contributed by atoms with Crippen LogP contribution in [0, 0.1) is 13.8 Å². The van der Waals surface area contributed by atoms with Crippen LogP contribution in [-0.2, 0) is 14.3 Å². The Morgan fingerprint density at radius 1 is 1.08 bits per heavy atom. The molecule has 6 nitrogen and oxygen atoms in total. The number of benzene rings is 1. The average molecular weight is 346 g/mol. The van der Waals surface area contributed by atoms with Crippen LogP contribution in [0.4, 0.5) is 0 Å². The van der Waals surface area contributed by atoms with Crippen molar-refractivity contribution < 1.29 is 19.1 Å². The summed E-state index contributed by atoms with van der Waals surface area (Å²) in [5, 5.41) is 5.68. The van der Waals surface area contributed by atoms with E-state index in [-0.39, 0.29) is 24.4 Å². The number of hydrogen-bond donors (Lipinski definition) is 2. The van der Waals surface area contributed by atoms with Gasteiger partial charge in [0, 0.05) is 24.4 Å². The Hall–Kier alpha value is -1.92. The molecule has 1 saturated heterocycles. The van der Waals surface area contributed by atoms with E-state index in [1.807, 2.05) is 32.0 Å². The number of nitrogens with one attached hydrogen (secondary N) is 2. The first-order valence-electron chi connectivity index (χ1n) is 8.90. The molecular weight excluding hydrogens is 320 g/mol. The normalized spacial score (nSPS) is 19.8. The number of amides is 2. The summed E-state index contributed by atoms with van der Waals surface area (Å²) in [5.74, 6) is -0.803. The monoisotopic (exact) mass is 346 g/mol. The fraction of sp³-hybridized carbons (Fsp3) is 0.579. The largest absolute Gasteiger partial charge is 0.352 e. The van der Waals surface area contributed by atoms with Crippen LogP contribution in [0.1, 0.15) is 47.2 Å². The zero-order valence-electron chi connectivity index (χ0n) is 14.9. The zero-order valence-corrected chi connectivity index (χ0v) is 14.9. The highest BCUT2D eigenvalue weighted by Crippen LogP contribution is 2.35. The first-order chi connectivity index (χ1) is 12.0. The molecule has 1 aliphatic carbocycles. The summed E-state index contributed by atoms with van der Waals surface area (Å²) >= 11 is 0. The van der Waals surface area contributed by atoms with Crippen LogP contribution in [0.5, 0.6) is 0 Å². The van der Waals surface area contributed by atoms with Crippen molar-refractivity contribution in [2.75, 3.05) is 19.8 Å². The maximum Gasteiger partial charge on any atom is 0.251 e. The SMILES string of the molecule is Cc1cc(C)cc(C(=O)NCC(=O)NC2CCC3(CC2)OCCO3)c1. The molecule has 0 bridgehead atoms. The summed E-state index contributed by atoms with van der Waals surface area (Å²) in [6, 6.07) is 5.77. The second kappa shape index (κ2) is 7.54. The molecule has 6 heteroatoms. The molecule has 25 heavy (non-hydrogen) atoms. The lowest BCUT2D eigenvalue weighted by Crippen LogP contribution is -2.46. The fourth-order valence-corrected chi connectivity index (χ4v) is 3.63. The van der Waals surface area contributed by atoms with E-state index >= 15 is 0 Å². The highest BCUT2D eigenvalue weighted by atomic mass is 16.7. The molecule has 3 rings (SSSR count). The van der Waals surface area contributed by atoms with Crippen molar-refractivity contribution in [1.29, 1.82) is 0 Å². The molecule has 136 valence electrons. The van der Waals surface area contributed by atoms with Gasteiger partial charge in [-0.1, -0.05) is 17.2 Å². The van der Waals surface area contributed by atoms with Crippen LogP contribution in [0.25, 0.3) is 0 Å². The van der Waals surface area contributed by atoms with E-state index in [9.17, 15) is 9.59 Å². The average Bonchev–Trinajstić information content (AvgIpc) is 3.02. The van der Waals surface area contributed by atoms with E-state index in [0.717, 1.165) is 36.8 Å². The summed E-state index contributed by atoms with van der Waals surface area (Å²) in [6.07, 6.45) is 3.26. The molecular formula is C19H26N2O4. The first-order valence-corrected chi connectivity index (χ1v) is 8.90. The van der Waals surface area contributed by atoms with Gasteiger partial charge < -0.3 is 20.1 Å². The maximum absolute atomic E-state index is 12.2. The van der Waals surface area contributed by atoms with Gasteiger partial charge in [-0.05, 0) is 38.8 Å². The molecule has 1 spiro atoms. The van der Waals surface area contributed by atoms with Gasteiger partial charge in [0.1, 0.15) is 0 Å². The predicted molar refractivity (Wildman–Crippen MR) is 93.3 cm³/mol. The van der Waals surface area contributed by atoms with Gasteiger partial charge in [-0.3, -0.25) is 9.59 Å². The first kappa shape index (κ1) is 17.9. The number of ether oxygens (including phenoxy) is 2. The Bertz CT molecular complexity index is 623.